The second-order valence-electron chi connectivity index (χ2n) is 4.32. The number of rotatable bonds is 5. The van der Waals surface area contributed by atoms with Crippen molar-refractivity contribution in [3.8, 4) is 5.75 Å². The third-order valence-corrected chi connectivity index (χ3v) is 2.32. The second-order valence-corrected chi connectivity index (χ2v) is 4.32. The van der Waals surface area contributed by atoms with Gasteiger partial charge in [0.05, 0.1) is 13.3 Å². The van der Waals surface area contributed by atoms with Gasteiger partial charge in [0.25, 0.3) is 0 Å². The number of benzene rings is 1. The molecule has 2 rings (SSSR count). The van der Waals surface area contributed by atoms with E-state index in [1.54, 1.807) is 13.3 Å². The summed E-state index contributed by atoms with van der Waals surface area (Å²) in [6.07, 6.45) is 1.59. The zero-order chi connectivity index (χ0) is 13.7. The largest absolute Gasteiger partial charge is 0.497 e. The molecule has 1 aromatic heterocycles. The van der Waals surface area contributed by atoms with E-state index in [4.69, 9.17) is 4.74 Å². The molecular formula is C13H17N5O. The fourth-order valence-electron chi connectivity index (χ4n) is 1.55. The number of aromatic nitrogens is 3. The summed E-state index contributed by atoms with van der Waals surface area (Å²) < 4.78 is 5.16. The van der Waals surface area contributed by atoms with Crippen molar-refractivity contribution in [3.05, 3.63) is 30.5 Å². The molecule has 0 atom stereocenters. The Morgan fingerprint density at radius 1 is 1.26 bits per heavy atom. The smallest absolute Gasteiger partial charge is 0.249 e. The standard InChI is InChI=1S/C13H17N5O/c1-9(2)15-12-8-14-18-13(17-12)16-10-5-4-6-11(7-10)19-3/h4-9H,1-3H3,(H2,15,16,17,18). The number of nitrogens with zero attached hydrogens (tertiary/aromatic N) is 3. The van der Waals surface area contributed by atoms with Gasteiger partial charge in [-0.1, -0.05) is 6.07 Å². The average molecular weight is 259 g/mol. The molecule has 0 spiro atoms. The summed E-state index contributed by atoms with van der Waals surface area (Å²) in [6.45, 7) is 4.08. The molecular weight excluding hydrogens is 242 g/mol. The monoisotopic (exact) mass is 259 g/mol. The van der Waals surface area contributed by atoms with Gasteiger partial charge < -0.3 is 15.4 Å². The van der Waals surface area contributed by atoms with Gasteiger partial charge in [-0.15, -0.1) is 5.10 Å². The van der Waals surface area contributed by atoms with Crippen molar-refractivity contribution in [1.29, 1.82) is 0 Å². The lowest BCUT2D eigenvalue weighted by Crippen LogP contribution is -2.12. The minimum absolute atomic E-state index is 0.293. The Morgan fingerprint density at radius 2 is 2.11 bits per heavy atom. The number of anilines is 3. The Labute approximate surface area is 112 Å². The first kappa shape index (κ1) is 13.1. The van der Waals surface area contributed by atoms with Crippen LogP contribution in [0.5, 0.6) is 5.75 Å². The number of ether oxygens (including phenoxy) is 1. The van der Waals surface area contributed by atoms with Crippen molar-refractivity contribution in [3.63, 3.8) is 0 Å². The zero-order valence-corrected chi connectivity index (χ0v) is 11.2. The van der Waals surface area contributed by atoms with E-state index in [0.29, 0.717) is 17.8 Å². The molecule has 0 saturated carbocycles. The zero-order valence-electron chi connectivity index (χ0n) is 11.2. The quantitative estimate of drug-likeness (QED) is 0.859. The fourth-order valence-corrected chi connectivity index (χ4v) is 1.55. The summed E-state index contributed by atoms with van der Waals surface area (Å²) in [5.41, 5.74) is 0.850. The molecule has 0 aliphatic heterocycles. The van der Waals surface area contributed by atoms with Gasteiger partial charge in [-0.3, -0.25) is 0 Å². The van der Waals surface area contributed by atoms with Crippen molar-refractivity contribution in [2.45, 2.75) is 19.9 Å². The first-order valence-electron chi connectivity index (χ1n) is 6.04. The van der Waals surface area contributed by atoms with E-state index in [1.165, 1.54) is 0 Å². The molecule has 0 saturated heterocycles. The van der Waals surface area contributed by atoms with Crippen molar-refractivity contribution in [1.82, 2.24) is 15.2 Å². The number of hydrogen-bond acceptors (Lipinski definition) is 6. The SMILES string of the molecule is COc1cccc(Nc2nncc(NC(C)C)n2)c1. The molecule has 19 heavy (non-hydrogen) atoms. The van der Waals surface area contributed by atoms with Crippen LogP contribution in [0, 0.1) is 0 Å². The predicted octanol–water partition coefficient (Wildman–Crippen LogP) is 2.44. The summed E-state index contributed by atoms with van der Waals surface area (Å²) in [5.74, 6) is 1.91. The van der Waals surface area contributed by atoms with Gasteiger partial charge in [-0.2, -0.15) is 10.1 Å². The van der Waals surface area contributed by atoms with Crippen molar-refractivity contribution in [2.75, 3.05) is 17.7 Å². The van der Waals surface area contributed by atoms with Crippen LogP contribution >= 0.6 is 0 Å². The van der Waals surface area contributed by atoms with Gasteiger partial charge in [0.1, 0.15) is 5.75 Å². The Kier molecular flexibility index (Phi) is 4.12. The van der Waals surface area contributed by atoms with E-state index in [1.807, 2.05) is 38.1 Å². The van der Waals surface area contributed by atoms with Crippen LogP contribution in [0.1, 0.15) is 13.8 Å². The van der Waals surface area contributed by atoms with Crippen molar-refractivity contribution < 1.29 is 4.74 Å². The van der Waals surface area contributed by atoms with E-state index < -0.39 is 0 Å². The predicted molar refractivity (Wildman–Crippen MR) is 74.9 cm³/mol. The molecule has 1 heterocycles. The lowest BCUT2D eigenvalue weighted by atomic mass is 10.3. The molecule has 0 unspecified atom stereocenters. The van der Waals surface area contributed by atoms with E-state index in [9.17, 15) is 0 Å². The fraction of sp³-hybridized carbons (Fsp3) is 0.308. The summed E-state index contributed by atoms with van der Waals surface area (Å²) in [5, 5.41) is 14.1. The maximum Gasteiger partial charge on any atom is 0.249 e. The van der Waals surface area contributed by atoms with Crippen molar-refractivity contribution in [2.24, 2.45) is 0 Å². The Bertz CT molecular complexity index is 544. The maximum atomic E-state index is 5.16. The molecule has 6 heteroatoms. The molecule has 0 radical (unpaired) electrons. The highest BCUT2D eigenvalue weighted by Gasteiger charge is 2.03. The molecule has 1 aromatic carbocycles. The van der Waals surface area contributed by atoms with Gasteiger partial charge in [0, 0.05) is 17.8 Å². The first-order chi connectivity index (χ1) is 9.17. The van der Waals surface area contributed by atoms with Gasteiger partial charge in [0.2, 0.25) is 5.95 Å². The molecule has 0 amide bonds. The second kappa shape index (κ2) is 5.99. The highest BCUT2D eigenvalue weighted by molar-refractivity contribution is 5.56. The summed E-state index contributed by atoms with van der Waals surface area (Å²) in [7, 11) is 1.63. The third kappa shape index (κ3) is 3.80. The lowest BCUT2D eigenvalue weighted by Gasteiger charge is -2.10. The molecule has 0 aliphatic carbocycles. The minimum atomic E-state index is 0.293. The molecule has 0 bridgehead atoms. The van der Waals surface area contributed by atoms with E-state index in [0.717, 1.165) is 11.4 Å². The molecule has 2 aromatic rings. The van der Waals surface area contributed by atoms with Gasteiger partial charge in [-0.25, -0.2) is 0 Å². The number of nitrogens with one attached hydrogen (secondary N) is 2. The van der Waals surface area contributed by atoms with Crippen LogP contribution in [0.3, 0.4) is 0 Å². The van der Waals surface area contributed by atoms with Crippen LogP contribution in [0.15, 0.2) is 30.5 Å². The average Bonchev–Trinajstić information content (AvgIpc) is 2.38. The van der Waals surface area contributed by atoms with Crippen LogP contribution in [0.25, 0.3) is 0 Å². The normalized spacial score (nSPS) is 10.3. The molecule has 100 valence electrons. The van der Waals surface area contributed by atoms with Crippen LogP contribution in [-0.4, -0.2) is 28.3 Å². The summed E-state index contributed by atoms with van der Waals surface area (Å²) >= 11 is 0. The van der Waals surface area contributed by atoms with Gasteiger partial charge in [-0.05, 0) is 26.0 Å². The van der Waals surface area contributed by atoms with E-state index in [-0.39, 0.29) is 0 Å². The van der Waals surface area contributed by atoms with Gasteiger partial charge >= 0.3 is 0 Å². The van der Waals surface area contributed by atoms with Crippen LogP contribution in [-0.2, 0) is 0 Å². The highest BCUT2D eigenvalue weighted by atomic mass is 16.5. The number of methoxy groups -OCH3 is 1. The molecule has 0 aliphatic rings. The third-order valence-electron chi connectivity index (χ3n) is 2.32. The van der Waals surface area contributed by atoms with Crippen LogP contribution < -0.4 is 15.4 Å². The van der Waals surface area contributed by atoms with E-state index in [2.05, 4.69) is 25.8 Å². The number of hydrogen-bond donors (Lipinski definition) is 2. The Morgan fingerprint density at radius 3 is 2.84 bits per heavy atom. The molecule has 6 nitrogen and oxygen atoms in total. The summed E-state index contributed by atoms with van der Waals surface area (Å²) in [6, 6.07) is 7.84. The Hall–Kier alpha value is -2.37. The van der Waals surface area contributed by atoms with Gasteiger partial charge in [0.15, 0.2) is 5.82 Å². The molecule has 0 fully saturated rings. The summed E-state index contributed by atoms with van der Waals surface area (Å²) in [4.78, 5) is 4.33. The maximum absolute atomic E-state index is 5.16. The van der Waals surface area contributed by atoms with Crippen LogP contribution in [0.2, 0.25) is 0 Å². The lowest BCUT2D eigenvalue weighted by molar-refractivity contribution is 0.415. The van der Waals surface area contributed by atoms with Crippen LogP contribution in [0.4, 0.5) is 17.5 Å². The highest BCUT2D eigenvalue weighted by Crippen LogP contribution is 2.19. The first-order valence-corrected chi connectivity index (χ1v) is 6.04. The van der Waals surface area contributed by atoms with E-state index >= 15 is 0 Å². The topological polar surface area (TPSA) is 72.0 Å². The minimum Gasteiger partial charge on any atom is -0.497 e. The molecule has 2 N–H and O–H groups in total. The van der Waals surface area contributed by atoms with Crippen molar-refractivity contribution >= 4 is 17.5 Å². The Balaban J connectivity index is 2.13.